The molecule has 4 rings (SSSR count). The van der Waals surface area contributed by atoms with Crippen molar-refractivity contribution in [1.82, 2.24) is 68.8 Å². The fourth-order valence-corrected chi connectivity index (χ4v) is 12.3. The van der Waals surface area contributed by atoms with Gasteiger partial charge in [0.05, 0.1) is 31.4 Å². The molecule has 1 aliphatic rings. The molecular weight excluding hydrogens is 1600 g/mol. The number of hydrogen-bond acceptors (Lipinski definition) is 22. The Hall–Kier alpha value is -11.7. The molecule has 13 amide bonds. The number of aromatic nitrogens is 1. The minimum Gasteiger partial charge on any atom is -0.475 e. The van der Waals surface area contributed by atoms with E-state index in [1.807, 2.05) is 25.0 Å². The van der Waals surface area contributed by atoms with Crippen LogP contribution in [0, 0.1) is 17.8 Å². The van der Waals surface area contributed by atoms with Gasteiger partial charge in [0, 0.05) is 33.4 Å². The van der Waals surface area contributed by atoms with Crippen LogP contribution in [0.25, 0.3) is 0 Å². The van der Waals surface area contributed by atoms with E-state index in [1.165, 1.54) is 62.6 Å². The van der Waals surface area contributed by atoms with Gasteiger partial charge in [0.2, 0.25) is 70.9 Å². The molecule has 2 heterocycles. The Labute approximate surface area is 674 Å². The van der Waals surface area contributed by atoms with Gasteiger partial charge < -0.3 is 116 Å². The number of carboxylic acid groups (broad SMARTS) is 2. The second-order valence-corrected chi connectivity index (χ2v) is 34.5. The molecule has 0 bridgehead atoms. The second kappa shape index (κ2) is 48.8. The molecule has 2 aromatic carbocycles. The molecule has 656 valence electrons. The largest absolute Gasteiger partial charge is 0.490 e. The number of aliphatic carboxylic acids is 2. The smallest absolute Gasteiger partial charge is 0.475 e. The molecule has 3 aromatic rings. The zero-order valence-electron chi connectivity index (χ0n) is 66.1. The number of benzene rings is 2. The molecule has 0 aliphatic carbocycles. The van der Waals surface area contributed by atoms with Crippen molar-refractivity contribution >= 4 is 103 Å². The van der Waals surface area contributed by atoms with E-state index in [0.717, 1.165) is 6.92 Å². The van der Waals surface area contributed by atoms with Crippen LogP contribution in [-0.2, 0) is 84.9 Å². The standard InChI is InChI=1S/C68H103N17O18Si.2C2HF3O2/c1-11-37(6)48-63(98)82-49(38(7)87)62(97)74-31-47(88)80-53(55(90)56(69)91)66(101)78-45(32-86)60(95)83-50(41-23-16-13-17-24-41)51(64(99)85-52(54(89)36(4)5)65(100)77-43(28-35(2)3)58(93)75-42(57(92)81-48)25-19-27-73-67(70)71)84-59(94)44(29-40-22-18-26-72-30-40)76-61(96)46(34-104(8,9)10)79-68(102)103-33-39-20-14-12-15-21-39;2*3-2(4,5)1(6)7/h12-18,20-24,26,30,35-38,42-46,48-55,86-87,89-90H,11,19,25,27-29,31-34H2,1-10H3,(H2,69,91)(H,74,97)(H,75,93)(H,76,96)(H,77,100)(H,78,101)(H,79,102)(H,80,88)(H,81,92)(H,82,98)(H,83,95)(H,84,94)(H,85,99)(H4,70,71,73);2*(H,6,7)/t37-,38-,42+,43-,44-,45-,46+,48-,49-,50+,51-,52-,53-,54+,55-;;/m0../s1. The van der Waals surface area contributed by atoms with Crippen molar-refractivity contribution in [3.8, 4) is 0 Å². The number of carbonyl (C=O) groups is 15. The molecule has 46 heteroatoms. The third-order valence-corrected chi connectivity index (χ3v) is 18.7. The van der Waals surface area contributed by atoms with E-state index in [4.69, 9.17) is 41.7 Å². The van der Waals surface area contributed by atoms with Crippen LogP contribution < -0.4 is 81.0 Å². The van der Waals surface area contributed by atoms with E-state index in [2.05, 4.69) is 68.5 Å². The highest BCUT2D eigenvalue weighted by Gasteiger charge is 2.45. The normalized spacial score (nSPS) is 21.5. The lowest BCUT2D eigenvalue weighted by Gasteiger charge is -2.34. The molecule has 1 aliphatic heterocycles. The molecule has 1 aromatic heterocycles. The van der Waals surface area contributed by atoms with Crippen LogP contribution in [0.2, 0.25) is 25.7 Å². The summed E-state index contributed by atoms with van der Waals surface area (Å²) in [5.41, 5.74) is 17.5. The number of guanidine groups is 1. The maximum Gasteiger partial charge on any atom is 0.490 e. The molecule has 1 fully saturated rings. The van der Waals surface area contributed by atoms with Crippen LogP contribution in [0.5, 0.6) is 0 Å². The first kappa shape index (κ1) is 102. The number of pyridine rings is 1. The third-order valence-electron chi connectivity index (χ3n) is 17.1. The number of rotatable bonds is 26. The van der Waals surface area contributed by atoms with Gasteiger partial charge in [-0.3, -0.25) is 67.5 Å². The maximum absolute atomic E-state index is 15.8. The number of nitrogens with zero attached hydrogens (tertiary/aromatic N) is 2. The molecule has 15 atom stereocenters. The maximum atomic E-state index is 15.8. The van der Waals surface area contributed by atoms with E-state index in [-0.39, 0.29) is 62.8 Å². The molecule has 118 heavy (non-hydrogen) atoms. The first-order chi connectivity index (χ1) is 54.8. The number of aliphatic hydroxyl groups excluding tert-OH is 4. The van der Waals surface area contributed by atoms with E-state index >= 15 is 14.4 Å². The molecule has 0 unspecified atom stereocenters. The highest BCUT2D eigenvalue weighted by Crippen LogP contribution is 2.23. The van der Waals surface area contributed by atoms with Gasteiger partial charge in [0.1, 0.15) is 67.0 Å². The first-order valence-corrected chi connectivity index (χ1v) is 40.4. The van der Waals surface area contributed by atoms with Crippen LogP contribution in [0.3, 0.4) is 0 Å². The summed E-state index contributed by atoms with van der Waals surface area (Å²) < 4.78 is 69.0. The summed E-state index contributed by atoms with van der Waals surface area (Å²) in [5.74, 6) is -22.6. The van der Waals surface area contributed by atoms with Crippen molar-refractivity contribution in [3.63, 3.8) is 0 Å². The average molecular weight is 1700 g/mol. The van der Waals surface area contributed by atoms with Crippen LogP contribution in [0.1, 0.15) is 96.9 Å². The van der Waals surface area contributed by atoms with Gasteiger partial charge in [-0.2, -0.15) is 26.3 Å². The Bertz CT molecular complexity index is 3880. The number of alkyl halides is 6. The number of primary amides is 1. The molecule has 24 N–H and O–H groups in total. The molecule has 0 saturated carbocycles. The number of nitrogens with one attached hydrogen (secondary N) is 12. The number of alkyl carbamates (subject to hydrolysis) is 1. The highest BCUT2D eigenvalue weighted by atomic mass is 28.3. The number of aliphatic imine (C=N–C) groups is 1. The Balaban J connectivity index is 0.00000307. The van der Waals surface area contributed by atoms with Crippen molar-refractivity contribution in [3.05, 3.63) is 102 Å². The topological polar surface area (TPSA) is 634 Å². The van der Waals surface area contributed by atoms with Crippen molar-refractivity contribution in [1.29, 1.82) is 0 Å². The van der Waals surface area contributed by atoms with E-state index in [0.29, 0.717) is 11.1 Å². The summed E-state index contributed by atoms with van der Waals surface area (Å²) in [7, 11) is -2.33. The Morgan fingerprint density at radius 2 is 1.12 bits per heavy atom. The van der Waals surface area contributed by atoms with Crippen molar-refractivity contribution in [2.24, 2.45) is 39.9 Å². The Morgan fingerprint density at radius 3 is 1.62 bits per heavy atom. The summed E-state index contributed by atoms with van der Waals surface area (Å²) in [5, 5.41) is 88.5. The predicted octanol–water partition coefficient (Wildman–Crippen LogP) is -2.74. The summed E-state index contributed by atoms with van der Waals surface area (Å²) in [6.07, 6.45) is -15.0. The summed E-state index contributed by atoms with van der Waals surface area (Å²) in [6.45, 7) is 13.8. The number of amides is 13. The lowest BCUT2D eigenvalue weighted by Crippen LogP contribution is -2.65. The van der Waals surface area contributed by atoms with Crippen molar-refractivity contribution < 1.29 is 134 Å². The first-order valence-electron chi connectivity index (χ1n) is 36.7. The van der Waals surface area contributed by atoms with Crippen LogP contribution in [0.15, 0.2) is 90.2 Å². The highest BCUT2D eigenvalue weighted by molar-refractivity contribution is 6.76. The zero-order valence-corrected chi connectivity index (χ0v) is 67.1. The number of carboxylic acids is 2. The molecule has 0 radical (unpaired) electrons. The lowest BCUT2D eigenvalue weighted by molar-refractivity contribution is -0.193. The fraction of sp³-hybridized carbons (Fsp3) is 0.542. The molecular formula is C72H105F6N17O22Si. The molecule has 0 spiro atoms. The lowest BCUT2D eigenvalue weighted by atomic mass is 9.94. The summed E-state index contributed by atoms with van der Waals surface area (Å²) in [4.78, 5) is 213. The van der Waals surface area contributed by atoms with Gasteiger partial charge in [-0.25, -0.2) is 14.4 Å². The van der Waals surface area contributed by atoms with Crippen LogP contribution >= 0.6 is 0 Å². The minimum atomic E-state index is -5.08. The van der Waals surface area contributed by atoms with Crippen LogP contribution in [0.4, 0.5) is 31.1 Å². The molecule has 39 nitrogen and oxygen atoms in total. The second-order valence-electron chi connectivity index (χ2n) is 29.0. The Kier molecular flexibility index (Phi) is 42.3. The van der Waals surface area contributed by atoms with Gasteiger partial charge in [0.25, 0.3) is 0 Å². The number of ether oxygens (including phenoxy) is 1. The number of hydrogen-bond donors (Lipinski definition) is 21. The van der Waals surface area contributed by atoms with E-state index in [1.54, 1.807) is 64.1 Å². The third kappa shape index (κ3) is 36.7. The monoisotopic (exact) mass is 1700 g/mol. The number of nitrogens with two attached hydrogens (primary N) is 3. The van der Waals surface area contributed by atoms with Crippen molar-refractivity contribution in [2.45, 2.75) is 210 Å². The summed E-state index contributed by atoms with van der Waals surface area (Å²) in [6, 6.07) is -1.28. The summed E-state index contributed by atoms with van der Waals surface area (Å²) >= 11 is 0. The predicted molar refractivity (Wildman–Crippen MR) is 408 cm³/mol. The number of carbonyl (C=O) groups excluding carboxylic acids is 13. The minimum absolute atomic E-state index is 0.0228. The van der Waals surface area contributed by atoms with Gasteiger partial charge in [-0.1, -0.05) is 134 Å². The van der Waals surface area contributed by atoms with Gasteiger partial charge in [-0.15, -0.1) is 0 Å². The van der Waals surface area contributed by atoms with E-state index < -0.39 is 225 Å². The number of halogens is 6. The fourth-order valence-electron chi connectivity index (χ4n) is 10.7. The van der Waals surface area contributed by atoms with Gasteiger partial charge >= 0.3 is 30.4 Å². The zero-order chi connectivity index (χ0) is 89.9. The molecule has 1 saturated heterocycles. The quantitative estimate of drug-likeness (QED) is 0.0127. The van der Waals surface area contributed by atoms with Gasteiger partial charge in [-0.05, 0) is 72.7 Å². The van der Waals surface area contributed by atoms with Crippen molar-refractivity contribution in [2.75, 3.05) is 19.7 Å². The van der Waals surface area contributed by atoms with Crippen LogP contribution in [-0.4, -0.2) is 249 Å². The number of aliphatic hydroxyl groups is 4. The Morgan fingerprint density at radius 1 is 0.610 bits per heavy atom. The van der Waals surface area contributed by atoms with E-state index in [9.17, 15) is 94.7 Å². The SMILES string of the molecule is CC[C@H](C)[C@@H]1NC(=O)[C@@H](CCCN=C(N)N)NC(=O)[C@H](CC(C)C)NC(=O)[C@H]([C@H](O)C(C)C)NC(=O)[C@@H](NC(=O)[C@H](Cc2cccnc2)NC(=O)[C@@H](C[Si](C)(C)C)NC(=O)OCc2ccccc2)[C@@H](c2ccccc2)NC(=O)[C@H](CO)NC(=O)[C@H]([C@H](O)C(N)=O)NC(=O)CNC(=O)[C@H]([C@H](C)O)NC1=O.O=C(O)C(F)(F)F.O=C(O)C(F)(F)F. The van der Waals surface area contributed by atoms with Gasteiger partial charge in [0.15, 0.2) is 12.1 Å². The average Bonchev–Trinajstić information content (AvgIpc) is 0.807.